The zero-order valence-corrected chi connectivity index (χ0v) is 24.0. The fraction of sp³-hybridized carbons (Fsp3) is 0.517. The number of aromatic nitrogens is 1. The third-order valence-corrected chi connectivity index (χ3v) is 8.48. The first-order valence-corrected chi connectivity index (χ1v) is 14.4. The Morgan fingerprint density at radius 1 is 1.23 bits per heavy atom. The fourth-order valence-electron chi connectivity index (χ4n) is 5.26. The number of rotatable bonds is 10. The lowest BCUT2D eigenvalue weighted by Crippen LogP contribution is -2.58. The highest BCUT2D eigenvalue weighted by atomic mass is 32.1. The molecule has 2 fully saturated rings. The summed E-state index contributed by atoms with van der Waals surface area (Å²) in [6, 6.07) is 6.02. The highest BCUT2D eigenvalue weighted by Crippen LogP contribution is 2.35. The van der Waals surface area contributed by atoms with E-state index in [1.54, 1.807) is 22.4 Å². The second-order valence-corrected chi connectivity index (χ2v) is 12.5. The first-order valence-electron chi connectivity index (χ1n) is 13.6. The van der Waals surface area contributed by atoms with E-state index in [0.29, 0.717) is 31.0 Å². The minimum Gasteiger partial charge on any atom is -0.401 e. The Labute approximate surface area is 234 Å². The Hall–Kier alpha value is -3.24. The van der Waals surface area contributed by atoms with Gasteiger partial charge in [-0.25, -0.2) is 10.8 Å². The van der Waals surface area contributed by atoms with Gasteiger partial charge in [0.2, 0.25) is 11.8 Å². The van der Waals surface area contributed by atoms with Gasteiger partial charge in [0, 0.05) is 30.8 Å². The average molecular weight is 553 g/mol. The normalized spacial score (nSPS) is 19.5. The van der Waals surface area contributed by atoms with Crippen molar-refractivity contribution in [2.75, 3.05) is 6.54 Å². The summed E-state index contributed by atoms with van der Waals surface area (Å²) >= 11 is 1.57. The first kappa shape index (κ1) is 28.8. The van der Waals surface area contributed by atoms with Gasteiger partial charge in [0.15, 0.2) is 0 Å². The number of hydrazine groups is 1. The number of nitrogens with one attached hydrogen (secondary N) is 1. The smallest absolute Gasteiger partial charge is 0.248 e. The molecule has 4 rings (SSSR count). The van der Waals surface area contributed by atoms with Crippen molar-refractivity contribution in [2.45, 2.75) is 77.9 Å². The van der Waals surface area contributed by atoms with Crippen LogP contribution in [0.3, 0.4) is 0 Å². The third-order valence-electron chi connectivity index (χ3n) is 7.51. The third kappa shape index (κ3) is 6.67. The molecule has 10 heteroatoms. The molecule has 0 radical (unpaired) electrons. The molecule has 1 saturated carbocycles. The number of amides is 2. The maximum absolute atomic E-state index is 13.9. The number of likely N-dealkylation sites (tertiary alicyclic amines) is 1. The number of nitrogens with zero attached hydrogens (tertiary/aromatic N) is 3. The number of aryl methyl sites for hydroxylation is 1. The second-order valence-electron chi connectivity index (χ2n) is 11.7. The van der Waals surface area contributed by atoms with E-state index in [9.17, 15) is 14.4 Å². The quantitative estimate of drug-likeness (QED) is 0.233. The van der Waals surface area contributed by atoms with E-state index in [2.05, 4.69) is 10.3 Å². The van der Waals surface area contributed by atoms with Gasteiger partial charge in [-0.15, -0.1) is 11.3 Å². The fourth-order valence-corrected chi connectivity index (χ4v) is 6.07. The van der Waals surface area contributed by atoms with E-state index in [4.69, 9.17) is 11.6 Å². The number of hydrogen-bond donors (Lipinski definition) is 3. The summed E-state index contributed by atoms with van der Waals surface area (Å²) in [5.74, 6) is 6.27. The predicted octanol–water partition coefficient (Wildman–Crippen LogP) is 3.66. The maximum atomic E-state index is 13.9. The molecule has 2 amide bonds. The molecule has 3 atom stereocenters. The number of carbonyl (C=O) groups is 3. The standard InChI is InChI=1S/C29H40N6O3S/c1-18-25(39-17-32-18)21-11-9-20(10-12-21)23(13-15-36)33-27(37)24-6-5-14-34(24)28(38)26(29(2,3)4)35(31)16-22(30)19-7-8-19/h9-12,15-17,19,23-24,26H,5-8,13-14,30-31H2,1-4H3,(H,33,37)/b22-16-. The molecule has 39 heavy (non-hydrogen) atoms. The number of aldehydes is 1. The molecule has 3 unspecified atom stereocenters. The monoisotopic (exact) mass is 552 g/mol. The number of hydrogen-bond acceptors (Lipinski definition) is 8. The molecule has 9 nitrogen and oxygen atoms in total. The Morgan fingerprint density at radius 2 is 1.92 bits per heavy atom. The molecule has 2 aromatic rings. The molecular formula is C29H40N6O3S. The van der Waals surface area contributed by atoms with Crippen LogP contribution in [0.15, 0.2) is 41.7 Å². The SMILES string of the molecule is Cc1ncsc1-c1ccc(C(CC=O)NC(=O)C2CCCN2C(=O)C(N(N)/C=C(\N)C2CC2)C(C)(C)C)cc1. The van der Waals surface area contributed by atoms with Crippen LogP contribution < -0.4 is 16.9 Å². The minimum absolute atomic E-state index is 0.137. The summed E-state index contributed by atoms with van der Waals surface area (Å²) in [6.45, 7) is 8.31. The summed E-state index contributed by atoms with van der Waals surface area (Å²) < 4.78 is 0. The van der Waals surface area contributed by atoms with Gasteiger partial charge in [0.05, 0.1) is 22.1 Å². The lowest BCUT2D eigenvalue weighted by Gasteiger charge is -2.39. The number of nitrogens with two attached hydrogens (primary N) is 2. The van der Waals surface area contributed by atoms with Gasteiger partial charge in [0.25, 0.3) is 0 Å². The van der Waals surface area contributed by atoms with Gasteiger partial charge in [0.1, 0.15) is 18.4 Å². The molecule has 1 aromatic heterocycles. The van der Waals surface area contributed by atoms with Crippen LogP contribution in [0.5, 0.6) is 0 Å². The summed E-state index contributed by atoms with van der Waals surface area (Å²) in [5, 5.41) is 4.46. The van der Waals surface area contributed by atoms with Crippen molar-refractivity contribution in [1.29, 1.82) is 0 Å². The van der Waals surface area contributed by atoms with Crippen LogP contribution >= 0.6 is 11.3 Å². The molecule has 1 aliphatic carbocycles. The maximum Gasteiger partial charge on any atom is 0.248 e. The molecule has 0 spiro atoms. The van der Waals surface area contributed by atoms with Gasteiger partial charge in [-0.3, -0.25) is 9.59 Å². The van der Waals surface area contributed by atoms with Gasteiger partial charge < -0.3 is 25.8 Å². The molecule has 1 aliphatic heterocycles. The lowest BCUT2D eigenvalue weighted by atomic mass is 9.85. The van der Waals surface area contributed by atoms with Crippen molar-refractivity contribution in [1.82, 2.24) is 20.2 Å². The van der Waals surface area contributed by atoms with E-state index in [1.165, 1.54) is 5.01 Å². The van der Waals surface area contributed by atoms with Crippen molar-refractivity contribution < 1.29 is 14.4 Å². The van der Waals surface area contributed by atoms with Crippen molar-refractivity contribution in [3.05, 3.63) is 52.9 Å². The molecule has 1 aromatic carbocycles. The highest BCUT2D eigenvalue weighted by Gasteiger charge is 2.43. The predicted molar refractivity (Wildman–Crippen MR) is 153 cm³/mol. The van der Waals surface area contributed by atoms with Crippen LogP contribution in [-0.4, -0.2) is 51.6 Å². The zero-order valence-electron chi connectivity index (χ0n) is 23.2. The van der Waals surface area contributed by atoms with Crippen LogP contribution in [-0.2, 0) is 14.4 Å². The van der Waals surface area contributed by atoms with Gasteiger partial charge in [-0.1, -0.05) is 45.0 Å². The molecule has 2 heterocycles. The van der Waals surface area contributed by atoms with E-state index < -0.39 is 23.5 Å². The van der Waals surface area contributed by atoms with Crippen LogP contribution in [0.2, 0.25) is 0 Å². The average Bonchev–Trinajstić information content (AvgIpc) is 3.45. The molecule has 1 saturated heterocycles. The van der Waals surface area contributed by atoms with Crippen molar-refractivity contribution in [3.8, 4) is 10.4 Å². The van der Waals surface area contributed by atoms with E-state index >= 15 is 0 Å². The number of thiazole rings is 1. The number of allylic oxidation sites excluding steroid dienone is 1. The van der Waals surface area contributed by atoms with Crippen molar-refractivity contribution >= 4 is 29.4 Å². The number of benzene rings is 1. The molecular weight excluding hydrogens is 512 g/mol. The van der Waals surface area contributed by atoms with Crippen molar-refractivity contribution in [3.63, 3.8) is 0 Å². The molecule has 5 N–H and O–H groups in total. The zero-order chi connectivity index (χ0) is 28.3. The largest absolute Gasteiger partial charge is 0.401 e. The lowest BCUT2D eigenvalue weighted by molar-refractivity contribution is -0.145. The van der Waals surface area contributed by atoms with E-state index in [-0.39, 0.29) is 18.2 Å². The Morgan fingerprint density at radius 3 is 2.49 bits per heavy atom. The van der Waals surface area contributed by atoms with Crippen LogP contribution in [0.25, 0.3) is 10.4 Å². The Kier molecular flexibility index (Phi) is 8.76. The topological polar surface area (TPSA) is 135 Å². The molecule has 0 bridgehead atoms. The van der Waals surface area contributed by atoms with E-state index in [0.717, 1.165) is 40.8 Å². The van der Waals surface area contributed by atoms with Crippen LogP contribution in [0.1, 0.15) is 70.2 Å². The van der Waals surface area contributed by atoms with Gasteiger partial charge in [-0.05, 0) is 49.1 Å². The van der Waals surface area contributed by atoms with E-state index in [1.807, 2.05) is 57.5 Å². The Balaban J connectivity index is 1.49. The summed E-state index contributed by atoms with van der Waals surface area (Å²) in [7, 11) is 0. The summed E-state index contributed by atoms with van der Waals surface area (Å²) in [4.78, 5) is 46.0. The number of carbonyl (C=O) groups excluding carboxylic acids is 3. The summed E-state index contributed by atoms with van der Waals surface area (Å²) in [5.41, 5.74) is 11.0. The molecule has 2 aliphatic rings. The van der Waals surface area contributed by atoms with Crippen molar-refractivity contribution in [2.24, 2.45) is 22.9 Å². The first-order chi connectivity index (χ1) is 18.5. The minimum atomic E-state index is -0.684. The highest BCUT2D eigenvalue weighted by molar-refractivity contribution is 7.13. The van der Waals surface area contributed by atoms with Gasteiger partial charge in [-0.2, -0.15) is 0 Å². The van der Waals surface area contributed by atoms with Crippen LogP contribution in [0, 0.1) is 18.3 Å². The van der Waals surface area contributed by atoms with Crippen LogP contribution in [0.4, 0.5) is 0 Å². The second kappa shape index (κ2) is 11.9. The Bertz CT molecular complexity index is 1210. The van der Waals surface area contributed by atoms with Gasteiger partial charge >= 0.3 is 0 Å². The summed E-state index contributed by atoms with van der Waals surface area (Å²) in [6.07, 6.45) is 5.96. The molecule has 210 valence electrons.